The van der Waals surface area contributed by atoms with Gasteiger partial charge in [0, 0.05) is 17.8 Å². The number of nitrogens with one attached hydrogen (secondary N) is 2. The quantitative estimate of drug-likeness (QED) is 0.705. The maximum Gasteiger partial charge on any atom is 0.120 e. The van der Waals surface area contributed by atoms with Crippen LogP contribution in [0.1, 0.15) is 11.1 Å². The van der Waals surface area contributed by atoms with Gasteiger partial charge in [0.05, 0.1) is 0 Å². The Labute approximate surface area is 101 Å². The van der Waals surface area contributed by atoms with Crippen LogP contribution in [0.5, 0.6) is 5.75 Å². The molecular weight excluding hydrogens is 212 g/mol. The zero-order valence-electron chi connectivity index (χ0n) is 9.77. The summed E-state index contributed by atoms with van der Waals surface area (Å²) >= 11 is 0. The minimum Gasteiger partial charge on any atom is -0.508 e. The fourth-order valence-corrected chi connectivity index (χ4v) is 1.62. The number of rotatable bonds is 4. The van der Waals surface area contributed by atoms with E-state index in [1.54, 1.807) is 6.07 Å². The molecule has 0 saturated carbocycles. The first-order chi connectivity index (χ1) is 8.25. The first-order valence-electron chi connectivity index (χ1n) is 5.58. The van der Waals surface area contributed by atoms with Crippen LogP contribution in [-0.2, 0) is 6.54 Å². The van der Waals surface area contributed by atoms with Crippen LogP contribution in [0.3, 0.4) is 0 Å². The van der Waals surface area contributed by atoms with E-state index in [1.807, 2.05) is 49.4 Å². The van der Waals surface area contributed by atoms with Crippen LogP contribution in [0.4, 0.5) is 5.69 Å². The maximum absolute atomic E-state index is 9.66. The molecule has 0 heterocycles. The van der Waals surface area contributed by atoms with Crippen LogP contribution in [-0.4, -0.2) is 5.11 Å². The molecule has 0 fully saturated rings. The van der Waals surface area contributed by atoms with Gasteiger partial charge in [0.25, 0.3) is 0 Å². The topological polar surface area (TPSA) is 44.3 Å². The minimum atomic E-state index is 0.318. The zero-order chi connectivity index (χ0) is 12.1. The van der Waals surface area contributed by atoms with Crippen molar-refractivity contribution in [3.8, 4) is 5.75 Å². The molecule has 0 amide bonds. The van der Waals surface area contributed by atoms with Crippen LogP contribution in [0.15, 0.2) is 48.5 Å². The van der Waals surface area contributed by atoms with Crippen molar-refractivity contribution in [3.63, 3.8) is 0 Å². The molecule has 0 radical (unpaired) electrons. The largest absolute Gasteiger partial charge is 0.508 e. The van der Waals surface area contributed by atoms with E-state index in [9.17, 15) is 5.11 Å². The summed E-state index contributed by atoms with van der Waals surface area (Å²) in [6.07, 6.45) is 0. The maximum atomic E-state index is 9.66. The lowest BCUT2D eigenvalue weighted by Crippen LogP contribution is -2.20. The molecule has 0 atom stereocenters. The van der Waals surface area contributed by atoms with Gasteiger partial charge in [-0.3, -0.25) is 0 Å². The third kappa shape index (κ3) is 3.23. The molecule has 2 aromatic carbocycles. The van der Waals surface area contributed by atoms with E-state index in [1.165, 1.54) is 0 Å². The van der Waals surface area contributed by atoms with E-state index in [0.717, 1.165) is 16.8 Å². The SMILES string of the molecule is Cc1ccc(O)c(CNNc2ccccc2)c1. The molecule has 3 nitrogen and oxygen atoms in total. The Balaban J connectivity index is 1.92. The molecule has 0 aliphatic heterocycles. The number of aromatic hydroxyl groups is 1. The predicted molar refractivity (Wildman–Crippen MR) is 69.7 cm³/mol. The van der Waals surface area contributed by atoms with Gasteiger partial charge in [0.2, 0.25) is 0 Å². The van der Waals surface area contributed by atoms with Crippen molar-refractivity contribution < 1.29 is 5.11 Å². The average molecular weight is 228 g/mol. The number of anilines is 1. The number of hydrazine groups is 1. The highest BCUT2D eigenvalue weighted by Crippen LogP contribution is 2.17. The summed E-state index contributed by atoms with van der Waals surface area (Å²) in [5.74, 6) is 0.318. The molecule has 17 heavy (non-hydrogen) atoms. The van der Waals surface area contributed by atoms with E-state index in [-0.39, 0.29) is 0 Å². The van der Waals surface area contributed by atoms with Crippen molar-refractivity contribution in [2.45, 2.75) is 13.5 Å². The molecule has 2 aromatic rings. The van der Waals surface area contributed by atoms with Gasteiger partial charge in [-0.15, -0.1) is 0 Å². The Hall–Kier alpha value is -2.00. The number of hydrogen-bond acceptors (Lipinski definition) is 3. The lowest BCUT2D eigenvalue weighted by Gasteiger charge is -2.10. The third-order valence-electron chi connectivity index (χ3n) is 2.52. The monoisotopic (exact) mass is 228 g/mol. The van der Waals surface area contributed by atoms with E-state index in [2.05, 4.69) is 10.9 Å². The molecule has 0 spiro atoms. The molecule has 0 aliphatic carbocycles. The van der Waals surface area contributed by atoms with Crippen LogP contribution in [0.25, 0.3) is 0 Å². The molecular formula is C14H16N2O. The van der Waals surface area contributed by atoms with Crippen molar-refractivity contribution in [2.75, 3.05) is 5.43 Å². The zero-order valence-corrected chi connectivity index (χ0v) is 9.77. The summed E-state index contributed by atoms with van der Waals surface area (Å²) in [5, 5.41) is 9.66. The average Bonchev–Trinajstić information content (AvgIpc) is 2.35. The second-order valence-electron chi connectivity index (χ2n) is 3.98. The Morgan fingerprint density at radius 1 is 1.06 bits per heavy atom. The standard InChI is InChI=1S/C14H16N2O/c1-11-7-8-14(17)12(9-11)10-15-16-13-5-3-2-4-6-13/h2-9,15-17H,10H2,1H3. The van der Waals surface area contributed by atoms with Gasteiger partial charge in [-0.05, 0) is 25.1 Å². The summed E-state index contributed by atoms with van der Waals surface area (Å²) in [6, 6.07) is 15.4. The van der Waals surface area contributed by atoms with Gasteiger partial charge in [-0.1, -0.05) is 35.9 Å². The fraction of sp³-hybridized carbons (Fsp3) is 0.143. The number of aryl methyl sites for hydroxylation is 1. The second kappa shape index (κ2) is 5.37. The first kappa shape index (κ1) is 11.5. The summed E-state index contributed by atoms with van der Waals surface area (Å²) in [5.41, 5.74) is 9.18. The predicted octanol–water partition coefficient (Wildman–Crippen LogP) is 2.82. The molecule has 0 aliphatic rings. The Bertz CT molecular complexity index is 483. The highest BCUT2D eigenvalue weighted by atomic mass is 16.3. The summed E-state index contributed by atoms with van der Waals surface area (Å²) in [4.78, 5) is 0. The van der Waals surface area contributed by atoms with Crippen LogP contribution in [0, 0.1) is 6.92 Å². The molecule has 0 aromatic heterocycles. The summed E-state index contributed by atoms with van der Waals surface area (Å²) in [7, 11) is 0. The molecule has 0 unspecified atom stereocenters. The molecule has 2 rings (SSSR count). The molecule has 0 saturated heterocycles. The highest BCUT2D eigenvalue weighted by Gasteiger charge is 2.00. The number of phenols is 1. The highest BCUT2D eigenvalue weighted by molar-refractivity contribution is 5.42. The molecule has 88 valence electrons. The van der Waals surface area contributed by atoms with Gasteiger partial charge in [-0.25, -0.2) is 5.43 Å². The Kier molecular flexibility index (Phi) is 3.62. The van der Waals surface area contributed by atoms with E-state index in [0.29, 0.717) is 12.3 Å². The van der Waals surface area contributed by atoms with Crippen LogP contribution in [0.2, 0.25) is 0 Å². The number of benzene rings is 2. The third-order valence-corrected chi connectivity index (χ3v) is 2.52. The Morgan fingerprint density at radius 3 is 2.59 bits per heavy atom. The van der Waals surface area contributed by atoms with Gasteiger partial charge < -0.3 is 10.5 Å². The smallest absolute Gasteiger partial charge is 0.120 e. The van der Waals surface area contributed by atoms with Crippen LogP contribution >= 0.6 is 0 Å². The van der Waals surface area contributed by atoms with Crippen molar-refractivity contribution in [1.29, 1.82) is 0 Å². The molecule has 3 heteroatoms. The van der Waals surface area contributed by atoms with Crippen molar-refractivity contribution >= 4 is 5.69 Å². The minimum absolute atomic E-state index is 0.318. The van der Waals surface area contributed by atoms with E-state index >= 15 is 0 Å². The number of hydrogen-bond donors (Lipinski definition) is 3. The second-order valence-corrected chi connectivity index (χ2v) is 3.98. The first-order valence-corrected chi connectivity index (χ1v) is 5.58. The van der Waals surface area contributed by atoms with E-state index < -0.39 is 0 Å². The van der Waals surface area contributed by atoms with Gasteiger partial charge in [0.15, 0.2) is 0 Å². The van der Waals surface area contributed by atoms with Gasteiger partial charge >= 0.3 is 0 Å². The van der Waals surface area contributed by atoms with Crippen molar-refractivity contribution in [2.24, 2.45) is 0 Å². The lowest BCUT2D eigenvalue weighted by molar-refractivity contribution is 0.466. The number of phenolic OH excluding ortho intramolecular Hbond substituents is 1. The molecule has 3 N–H and O–H groups in total. The van der Waals surface area contributed by atoms with Crippen LogP contribution < -0.4 is 10.9 Å². The van der Waals surface area contributed by atoms with Gasteiger partial charge in [0.1, 0.15) is 5.75 Å². The van der Waals surface area contributed by atoms with Crippen molar-refractivity contribution in [1.82, 2.24) is 5.43 Å². The van der Waals surface area contributed by atoms with Gasteiger partial charge in [-0.2, -0.15) is 0 Å². The van der Waals surface area contributed by atoms with Crippen molar-refractivity contribution in [3.05, 3.63) is 59.7 Å². The fourth-order valence-electron chi connectivity index (χ4n) is 1.62. The lowest BCUT2D eigenvalue weighted by atomic mass is 10.1. The normalized spacial score (nSPS) is 10.2. The Morgan fingerprint density at radius 2 is 1.82 bits per heavy atom. The molecule has 0 bridgehead atoms. The summed E-state index contributed by atoms with van der Waals surface area (Å²) in [6.45, 7) is 2.58. The van der Waals surface area contributed by atoms with E-state index in [4.69, 9.17) is 0 Å². The summed E-state index contributed by atoms with van der Waals surface area (Å²) < 4.78 is 0. The number of para-hydroxylation sites is 1.